The molecule has 66 valence electrons. The molecule has 1 fully saturated rings. The summed E-state index contributed by atoms with van der Waals surface area (Å²) in [7, 11) is 0. The summed E-state index contributed by atoms with van der Waals surface area (Å²) in [5.74, 6) is 0.958. The first-order valence-corrected chi connectivity index (χ1v) is 5.55. The lowest BCUT2D eigenvalue weighted by Crippen LogP contribution is -2.17. The third-order valence-electron chi connectivity index (χ3n) is 2.29. The van der Waals surface area contributed by atoms with Crippen molar-refractivity contribution in [3.05, 3.63) is 0 Å². The van der Waals surface area contributed by atoms with Crippen LogP contribution in [0.5, 0.6) is 0 Å². The SMILES string of the molecule is CC1CCC[C@@H]1SC(C)(C)C. The molecule has 1 aliphatic rings. The third-order valence-corrected chi connectivity index (χ3v) is 4.00. The van der Waals surface area contributed by atoms with Gasteiger partial charge in [-0.05, 0) is 18.8 Å². The van der Waals surface area contributed by atoms with Crippen LogP contribution in [0.1, 0.15) is 47.0 Å². The third kappa shape index (κ3) is 3.06. The van der Waals surface area contributed by atoms with Gasteiger partial charge in [-0.25, -0.2) is 0 Å². The topological polar surface area (TPSA) is 0 Å². The average molecular weight is 172 g/mol. The summed E-state index contributed by atoms with van der Waals surface area (Å²) in [4.78, 5) is 0. The number of thioether (sulfide) groups is 1. The number of hydrogen-bond donors (Lipinski definition) is 0. The van der Waals surface area contributed by atoms with Gasteiger partial charge in [-0.1, -0.05) is 34.1 Å². The van der Waals surface area contributed by atoms with Crippen LogP contribution in [0.15, 0.2) is 0 Å². The van der Waals surface area contributed by atoms with Crippen molar-refractivity contribution in [2.45, 2.75) is 57.0 Å². The molecular weight excluding hydrogens is 152 g/mol. The fraction of sp³-hybridized carbons (Fsp3) is 1.00. The smallest absolute Gasteiger partial charge is 0.00779 e. The van der Waals surface area contributed by atoms with E-state index in [0.29, 0.717) is 4.75 Å². The van der Waals surface area contributed by atoms with E-state index in [-0.39, 0.29) is 0 Å². The minimum absolute atomic E-state index is 0.462. The molecule has 11 heavy (non-hydrogen) atoms. The van der Waals surface area contributed by atoms with E-state index in [1.165, 1.54) is 19.3 Å². The molecule has 0 aromatic carbocycles. The van der Waals surface area contributed by atoms with Gasteiger partial charge in [0.2, 0.25) is 0 Å². The Labute approximate surface area is 75.1 Å². The van der Waals surface area contributed by atoms with Crippen molar-refractivity contribution in [2.24, 2.45) is 5.92 Å². The number of hydrogen-bond acceptors (Lipinski definition) is 1. The summed E-state index contributed by atoms with van der Waals surface area (Å²) < 4.78 is 0.462. The first-order valence-electron chi connectivity index (χ1n) is 4.67. The maximum Gasteiger partial charge on any atom is 0.00779 e. The Hall–Kier alpha value is 0.350. The van der Waals surface area contributed by atoms with E-state index in [0.717, 1.165) is 11.2 Å². The molecule has 0 heterocycles. The van der Waals surface area contributed by atoms with Crippen LogP contribution in [0.4, 0.5) is 0 Å². The molecule has 0 radical (unpaired) electrons. The van der Waals surface area contributed by atoms with Crippen LogP contribution >= 0.6 is 11.8 Å². The molecule has 0 spiro atoms. The van der Waals surface area contributed by atoms with E-state index in [1.807, 2.05) is 0 Å². The summed E-state index contributed by atoms with van der Waals surface area (Å²) in [5.41, 5.74) is 0. The van der Waals surface area contributed by atoms with Crippen molar-refractivity contribution in [1.82, 2.24) is 0 Å². The molecule has 0 nitrogen and oxygen atoms in total. The second kappa shape index (κ2) is 3.38. The molecule has 1 rings (SSSR count). The first-order chi connectivity index (χ1) is 4.99. The zero-order valence-corrected chi connectivity index (χ0v) is 9.00. The molecule has 2 atom stereocenters. The Morgan fingerprint density at radius 2 is 1.82 bits per heavy atom. The largest absolute Gasteiger partial charge is 0.152 e. The van der Waals surface area contributed by atoms with Crippen LogP contribution in [-0.4, -0.2) is 10.00 Å². The molecule has 0 aromatic heterocycles. The van der Waals surface area contributed by atoms with Crippen molar-refractivity contribution in [3.8, 4) is 0 Å². The van der Waals surface area contributed by atoms with Crippen molar-refractivity contribution >= 4 is 11.8 Å². The second-order valence-electron chi connectivity index (χ2n) is 4.68. The van der Waals surface area contributed by atoms with Crippen LogP contribution in [0.25, 0.3) is 0 Å². The van der Waals surface area contributed by atoms with Crippen molar-refractivity contribution < 1.29 is 0 Å². The fourth-order valence-electron chi connectivity index (χ4n) is 1.74. The predicted octanol–water partition coefficient (Wildman–Crippen LogP) is 3.71. The van der Waals surface area contributed by atoms with Gasteiger partial charge in [0.25, 0.3) is 0 Å². The summed E-state index contributed by atoms with van der Waals surface area (Å²) >= 11 is 2.17. The molecular formula is C10H20S. The van der Waals surface area contributed by atoms with E-state index >= 15 is 0 Å². The van der Waals surface area contributed by atoms with E-state index in [4.69, 9.17) is 0 Å². The van der Waals surface area contributed by atoms with Gasteiger partial charge in [-0.15, -0.1) is 0 Å². The maximum absolute atomic E-state index is 2.40. The van der Waals surface area contributed by atoms with Gasteiger partial charge in [0.05, 0.1) is 0 Å². The number of rotatable bonds is 1. The molecule has 0 aliphatic heterocycles. The molecule has 0 amide bonds. The van der Waals surface area contributed by atoms with Crippen LogP contribution in [-0.2, 0) is 0 Å². The van der Waals surface area contributed by atoms with Crippen LogP contribution in [0.3, 0.4) is 0 Å². The van der Waals surface area contributed by atoms with E-state index < -0.39 is 0 Å². The summed E-state index contributed by atoms with van der Waals surface area (Å²) in [6.07, 6.45) is 4.35. The fourth-order valence-corrected chi connectivity index (χ4v) is 3.30. The predicted molar refractivity (Wildman–Crippen MR) is 54.1 cm³/mol. The van der Waals surface area contributed by atoms with Gasteiger partial charge in [0, 0.05) is 10.00 Å². The van der Waals surface area contributed by atoms with Crippen molar-refractivity contribution in [3.63, 3.8) is 0 Å². The van der Waals surface area contributed by atoms with E-state index in [1.54, 1.807) is 0 Å². The molecule has 0 bridgehead atoms. The van der Waals surface area contributed by atoms with Gasteiger partial charge in [-0.2, -0.15) is 11.8 Å². The van der Waals surface area contributed by atoms with E-state index in [9.17, 15) is 0 Å². The minimum atomic E-state index is 0.462. The van der Waals surface area contributed by atoms with Crippen molar-refractivity contribution in [1.29, 1.82) is 0 Å². The Kier molecular flexibility index (Phi) is 2.90. The lowest BCUT2D eigenvalue weighted by atomic mass is 10.1. The highest BCUT2D eigenvalue weighted by molar-refractivity contribution is 8.01. The quantitative estimate of drug-likeness (QED) is 0.581. The Morgan fingerprint density at radius 3 is 2.18 bits per heavy atom. The first kappa shape index (κ1) is 9.44. The highest BCUT2D eigenvalue weighted by atomic mass is 32.2. The van der Waals surface area contributed by atoms with Crippen molar-refractivity contribution in [2.75, 3.05) is 0 Å². The standard InChI is InChI=1S/C10H20S/c1-8-6-5-7-9(8)11-10(2,3)4/h8-9H,5-7H2,1-4H3/t8?,9-/m0/s1. The van der Waals surface area contributed by atoms with Crippen LogP contribution in [0, 0.1) is 5.92 Å². The summed E-state index contributed by atoms with van der Waals surface area (Å²) in [6, 6.07) is 0. The lowest BCUT2D eigenvalue weighted by Gasteiger charge is -2.25. The van der Waals surface area contributed by atoms with Crippen LogP contribution < -0.4 is 0 Å². The van der Waals surface area contributed by atoms with Crippen LogP contribution in [0.2, 0.25) is 0 Å². The summed E-state index contributed by atoms with van der Waals surface area (Å²) in [6.45, 7) is 9.37. The Morgan fingerprint density at radius 1 is 1.18 bits per heavy atom. The van der Waals surface area contributed by atoms with Gasteiger partial charge in [0.15, 0.2) is 0 Å². The normalized spacial score (nSPS) is 32.7. The van der Waals surface area contributed by atoms with Gasteiger partial charge >= 0.3 is 0 Å². The van der Waals surface area contributed by atoms with Gasteiger partial charge in [0.1, 0.15) is 0 Å². The zero-order chi connectivity index (χ0) is 8.48. The lowest BCUT2D eigenvalue weighted by molar-refractivity contribution is 0.618. The molecule has 1 aliphatic carbocycles. The monoisotopic (exact) mass is 172 g/mol. The Balaban J connectivity index is 2.37. The maximum atomic E-state index is 2.40. The summed E-state index contributed by atoms with van der Waals surface area (Å²) in [5, 5.41) is 0.940. The minimum Gasteiger partial charge on any atom is -0.152 e. The zero-order valence-electron chi connectivity index (χ0n) is 8.18. The highest BCUT2D eigenvalue weighted by Crippen LogP contribution is 2.40. The molecule has 1 saturated carbocycles. The molecule has 0 aromatic rings. The van der Waals surface area contributed by atoms with Gasteiger partial charge < -0.3 is 0 Å². The highest BCUT2D eigenvalue weighted by Gasteiger charge is 2.27. The van der Waals surface area contributed by atoms with Gasteiger partial charge in [-0.3, -0.25) is 0 Å². The molecule has 0 saturated heterocycles. The molecule has 1 heteroatoms. The Bertz CT molecular complexity index is 123. The van der Waals surface area contributed by atoms with E-state index in [2.05, 4.69) is 39.5 Å². The molecule has 1 unspecified atom stereocenters. The average Bonchev–Trinajstić information content (AvgIpc) is 2.12. The molecule has 0 N–H and O–H groups in total. The second-order valence-corrected chi connectivity index (χ2v) is 6.74.